The van der Waals surface area contributed by atoms with Crippen molar-refractivity contribution >= 4 is 15.9 Å². The first-order chi connectivity index (χ1) is 13.3. The minimum Gasteiger partial charge on any atom is -0.346 e. The van der Waals surface area contributed by atoms with Crippen LogP contribution >= 0.6 is 0 Å². The molecule has 28 heavy (non-hydrogen) atoms. The van der Waals surface area contributed by atoms with E-state index in [0.29, 0.717) is 18.7 Å². The Morgan fingerprint density at radius 2 is 1.54 bits per heavy atom. The van der Waals surface area contributed by atoms with Gasteiger partial charge in [0, 0.05) is 18.7 Å². The van der Waals surface area contributed by atoms with Crippen molar-refractivity contribution in [1.29, 1.82) is 0 Å². The fourth-order valence-corrected chi connectivity index (χ4v) is 4.57. The highest BCUT2D eigenvalue weighted by molar-refractivity contribution is 7.89. The van der Waals surface area contributed by atoms with Crippen LogP contribution in [-0.4, -0.2) is 31.7 Å². The molecule has 2 rings (SSSR count). The minimum atomic E-state index is -3.47. The molecule has 0 aliphatic carbocycles. The van der Waals surface area contributed by atoms with Gasteiger partial charge in [-0.2, -0.15) is 4.31 Å². The smallest absolute Gasteiger partial charge is 0.251 e. The summed E-state index contributed by atoms with van der Waals surface area (Å²) in [5.41, 5.74) is 2.69. The van der Waals surface area contributed by atoms with Crippen LogP contribution in [0.2, 0.25) is 0 Å². The average molecular weight is 403 g/mol. The van der Waals surface area contributed by atoms with Crippen molar-refractivity contribution in [2.45, 2.75) is 51.5 Å². The zero-order chi connectivity index (χ0) is 20.7. The van der Waals surface area contributed by atoms with E-state index in [1.165, 1.54) is 9.87 Å². The molecular weight excluding hydrogens is 372 g/mol. The van der Waals surface area contributed by atoms with Gasteiger partial charge in [0.2, 0.25) is 10.0 Å². The van der Waals surface area contributed by atoms with Crippen molar-refractivity contribution in [3.63, 3.8) is 0 Å². The maximum atomic E-state index is 12.6. The molecule has 2 aromatic carbocycles. The quantitative estimate of drug-likeness (QED) is 0.685. The van der Waals surface area contributed by atoms with E-state index in [2.05, 4.69) is 12.2 Å². The van der Waals surface area contributed by atoms with Gasteiger partial charge in [0.1, 0.15) is 0 Å². The van der Waals surface area contributed by atoms with Crippen LogP contribution in [-0.2, 0) is 16.4 Å². The molecule has 1 amide bonds. The molecule has 1 atom stereocenters. The van der Waals surface area contributed by atoms with Gasteiger partial charge < -0.3 is 5.32 Å². The second kappa shape index (κ2) is 9.85. The van der Waals surface area contributed by atoms with E-state index < -0.39 is 10.0 Å². The number of rotatable bonds is 9. The first-order valence-corrected chi connectivity index (χ1v) is 11.3. The summed E-state index contributed by atoms with van der Waals surface area (Å²) in [5, 5.41) is 2.97. The summed E-state index contributed by atoms with van der Waals surface area (Å²) in [6.07, 6.45) is 2.07. The molecule has 2 aromatic rings. The van der Waals surface area contributed by atoms with Gasteiger partial charge in [-0.05, 0) is 48.7 Å². The number of carbonyl (C=O) groups excluding carboxylic acids is 1. The van der Waals surface area contributed by atoms with Crippen LogP contribution in [0.15, 0.2) is 53.4 Å². The first kappa shape index (κ1) is 22.1. The number of benzene rings is 2. The SMILES string of the molecule is CCCc1ccc(C(=O)NC(C)c2ccc(S(=O)(=O)N(CC)CC)cc2)cc1. The zero-order valence-electron chi connectivity index (χ0n) is 17.1. The summed E-state index contributed by atoms with van der Waals surface area (Å²) in [7, 11) is -3.47. The van der Waals surface area contributed by atoms with Crippen LogP contribution in [0.1, 0.15) is 61.6 Å². The van der Waals surface area contributed by atoms with Crippen LogP contribution in [0.3, 0.4) is 0 Å². The second-order valence-corrected chi connectivity index (χ2v) is 8.74. The summed E-state index contributed by atoms with van der Waals surface area (Å²) < 4.78 is 26.6. The third-order valence-electron chi connectivity index (χ3n) is 4.83. The van der Waals surface area contributed by atoms with Gasteiger partial charge in [0.05, 0.1) is 10.9 Å². The van der Waals surface area contributed by atoms with E-state index in [4.69, 9.17) is 0 Å². The summed E-state index contributed by atoms with van der Waals surface area (Å²) in [4.78, 5) is 12.7. The van der Waals surface area contributed by atoms with Gasteiger partial charge in [-0.1, -0.05) is 51.5 Å². The Morgan fingerprint density at radius 1 is 0.964 bits per heavy atom. The molecule has 152 valence electrons. The predicted octanol–water partition coefficient (Wildman–Crippen LogP) is 4.16. The maximum Gasteiger partial charge on any atom is 0.251 e. The van der Waals surface area contributed by atoms with E-state index in [1.807, 2.05) is 45.0 Å². The van der Waals surface area contributed by atoms with Gasteiger partial charge in [-0.25, -0.2) is 8.42 Å². The van der Waals surface area contributed by atoms with Gasteiger partial charge >= 0.3 is 0 Å². The zero-order valence-corrected chi connectivity index (χ0v) is 17.9. The van der Waals surface area contributed by atoms with Crippen LogP contribution in [0.4, 0.5) is 0 Å². The first-order valence-electron chi connectivity index (χ1n) is 9.83. The van der Waals surface area contributed by atoms with Crippen molar-refractivity contribution in [1.82, 2.24) is 9.62 Å². The van der Waals surface area contributed by atoms with E-state index in [9.17, 15) is 13.2 Å². The number of amides is 1. The van der Waals surface area contributed by atoms with Crippen LogP contribution in [0.5, 0.6) is 0 Å². The van der Waals surface area contributed by atoms with Crippen molar-refractivity contribution < 1.29 is 13.2 Å². The maximum absolute atomic E-state index is 12.6. The molecule has 1 unspecified atom stereocenters. The Bertz CT molecular complexity index is 871. The summed E-state index contributed by atoms with van der Waals surface area (Å²) in [6.45, 7) is 8.52. The lowest BCUT2D eigenvalue weighted by atomic mass is 10.1. The molecule has 1 N–H and O–H groups in total. The van der Waals surface area contributed by atoms with Crippen molar-refractivity contribution in [2.24, 2.45) is 0 Å². The molecular formula is C22H30N2O3S. The molecule has 0 saturated carbocycles. The van der Waals surface area contributed by atoms with Gasteiger partial charge in [-0.3, -0.25) is 4.79 Å². The number of sulfonamides is 1. The fourth-order valence-electron chi connectivity index (χ4n) is 3.12. The standard InChI is InChI=1S/C22H30N2O3S/c1-5-8-18-9-11-20(12-10-18)22(25)23-17(4)19-13-15-21(16-14-19)28(26,27)24(6-2)7-3/h9-17H,5-8H2,1-4H3,(H,23,25). The van der Waals surface area contributed by atoms with E-state index in [0.717, 1.165) is 18.4 Å². The van der Waals surface area contributed by atoms with Crippen molar-refractivity contribution in [2.75, 3.05) is 13.1 Å². The molecule has 0 heterocycles. The van der Waals surface area contributed by atoms with Crippen molar-refractivity contribution in [3.8, 4) is 0 Å². The van der Waals surface area contributed by atoms with E-state index in [1.54, 1.807) is 24.3 Å². The topological polar surface area (TPSA) is 66.5 Å². The highest BCUT2D eigenvalue weighted by Gasteiger charge is 2.21. The highest BCUT2D eigenvalue weighted by atomic mass is 32.2. The molecule has 0 bridgehead atoms. The number of hydrogen-bond donors (Lipinski definition) is 1. The monoisotopic (exact) mass is 402 g/mol. The Balaban J connectivity index is 2.08. The fraction of sp³-hybridized carbons (Fsp3) is 0.409. The second-order valence-electron chi connectivity index (χ2n) is 6.80. The lowest BCUT2D eigenvalue weighted by molar-refractivity contribution is 0.0940. The number of nitrogens with one attached hydrogen (secondary N) is 1. The van der Waals surface area contributed by atoms with Crippen LogP contribution in [0.25, 0.3) is 0 Å². The van der Waals surface area contributed by atoms with Gasteiger partial charge in [0.25, 0.3) is 5.91 Å². The van der Waals surface area contributed by atoms with E-state index in [-0.39, 0.29) is 16.8 Å². The Morgan fingerprint density at radius 3 is 2.04 bits per heavy atom. The van der Waals surface area contributed by atoms with E-state index >= 15 is 0 Å². The number of aryl methyl sites for hydroxylation is 1. The molecule has 0 saturated heterocycles. The molecule has 6 heteroatoms. The number of hydrogen-bond acceptors (Lipinski definition) is 3. The Labute approximate surface area is 168 Å². The third-order valence-corrected chi connectivity index (χ3v) is 6.89. The molecule has 0 radical (unpaired) electrons. The summed E-state index contributed by atoms with van der Waals surface area (Å²) >= 11 is 0. The third kappa shape index (κ3) is 5.20. The molecule has 0 aliphatic heterocycles. The predicted molar refractivity (Wildman–Crippen MR) is 113 cm³/mol. The molecule has 0 aliphatic rings. The molecule has 0 spiro atoms. The van der Waals surface area contributed by atoms with Crippen molar-refractivity contribution in [3.05, 3.63) is 65.2 Å². The average Bonchev–Trinajstić information content (AvgIpc) is 2.69. The summed E-state index contributed by atoms with van der Waals surface area (Å²) in [6, 6.07) is 14.1. The van der Waals surface area contributed by atoms with Crippen LogP contribution < -0.4 is 5.32 Å². The Kier molecular flexibility index (Phi) is 7.78. The van der Waals surface area contributed by atoms with Gasteiger partial charge in [0.15, 0.2) is 0 Å². The lowest BCUT2D eigenvalue weighted by Gasteiger charge is -2.19. The van der Waals surface area contributed by atoms with Gasteiger partial charge in [-0.15, -0.1) is 0 Å². The normalized spacial score (nSPS) is 12.8. The number of carbonyl (C=O) groups is 1. The minimum absolute atomic E-state index is 0.143. The van der Waals surface area contributed by atoms with Crippen LogP contribution in [0, 0.1) is 0 Å². The molecule has 5 nitrogen and oxygen atoms in total. The highest BCUT2D eigenvalue weighted by Crippen LogP contribution is 2.20. The molecule has 0 fully saturated rings. The summed E-state index contributed by atoms with van der Waals surface area (Å²) in [5.74, 6) is -0.143. The number of nitrogens with zero attached hydrogens (tertiary/aromatic N) is 1. The largest absolute Gasteiger partial charge is 0.346 e. The molecule has 0 aromatic heterocycles. The lowest BCUT2D eigenvalue weighted by Crippen LogP contribution is -2.30. The Hall–Kier alpha value is -2.18.